The lowest BCUT2D eigenvalue weighted by atomic mass is 10.1. The Morgan fingerprint density at radius 2 is 1.85 bits per heavy atom. The van der Waals surface area contributed by atoms with Crippen molar-refractivity contribution in [3.63, 3.8) is 0 Å². The Balaban J connectivity index is 2.16. The van der Waals surface area contributed by atoms with Crippen LogP contribution < -0.4 is 5.14 Å². The molecule has 0 radical (unpaired) electrons. The van der Waals surface area contributed by atoms with Gasteiger partial charge in [0.05, 0.1) is 17.1 Å². The van der Waals surface area contributed by atoms with E-state index in [0.29, 0.717) is 24.2 Å². The van der Waals surface area contributed by atoms with Crippen LogP contribution in [0, 0.1) is 0 Å². The van der Waals surface area contributed by atoms with E-state index in [0.717, 1.165) is 12.8 Å². The minimum Gasteiger partial charge on any atom is -0.383 e. The highest BCUT2D eigenvalue weighted by Gasteiger charge is 2.20. The van der Waals surface area contributed by atoms with E-state index in [4.69, 9.17) is 9.88 Å². The summed E-state index contributed by atoms with van der Waals surface area (Å²) in [6.45, 7) is 1.34. The lowest BCUT2D eigenvalue weighted by Crippen LogP contribution is -2.35. The fraction of sp³-hybridized carbons (Fsp3) is 0.316. The summed E-state index contributed by atoms with van der Waals surface area (Å²) in [6.07, 6.45) is 1.63. The van der Waals surface area contributed by atoms with Gasteiger partial charge in [0, 0.05) is 24.7 Å². The minimum atomic E-state index is -3.89. The molecule has 2 N–H and O–H groups in total. The van der Waals surface area contributed by atoms with Crippen LogP contribution >= 0.6 is 15.9 Å². The zero-order chi connectivity index (χ0) is 19.9. The average molecular weight is 455 g/mol. The SMILES string of the molecule is COCCN(CCCc1ccccc1)C(=O)c1cc(S(N)(=O)=O)ccc1Br. The van der Waals surface area contributed by atoms with Crippen molar-refractivity contribution in [3.05, 3.63) is 64.1 Å². The molecule has 1 amide bonds. The number of carbonyl (C=O) groups is 1. The number of rotatable bonds is 9. The lowest BCUT2D eigenvalue weighted by molar-refractivity contribution is 0.0692. The van der Waals surface area contributed by atoms with Crippen molar-refractivity contribution in [1.29, 1.82) is 0 Å². The van der Waals surface area contributed by atoms with Crippen LogP contribution in [0.15, 0.2) is 57.9 Å². The highest BCUT2D eigenvalue weighted by molar-refractivity contribution is 9.10. The normalized spacial score (nSPS) is 11.4. The number of amides is 1. The van der Waals surface area contributed by atoms with Crippen LogP contribution in [0.3, 0.4) is 0 Å². The summed E-state index contributed by atoms with van der Waals surface area (Å²) in [5.74, 6) is -0.266. The van der Waals surface area contributed by atoms with E-state index in [1.165, 1.54) is 23.8 Å². The molecule has 0 aliphatic heterocycles. The third-order valence-corrected chi connectivity index (χ3v) is 5.69. The molecule has 27 heavy (non-hydrogen) atoms. The summed E-state index contributed by atoms with van der Waals surface area (Å²) in [5.41, 5.74) is 1.46. The van der Waals surface area contributed by atoms with Gasteiger partial charge in [-0.3, -0.25) is 4.79 Å². The van der Waals surface area contributed by atoms with Gasteiger partial charge >= 0.3 is 0 Å². The molecule has 0 heterocycles. The van der Waals surface area contributed by atoms with Gasteiger partial charge in [-0.25, -0.2) is 13.6 Å². The van der Waals surface area contributed by atoms with Crippen LogP contribution in [-0.4, -0.2) is 46.0 Å². The number of hydrogen-bond donors (Lipinski definition) is 1. The molecule has 2 rings (SSSR count). The maximum atomic E-state index is 13.0. The summed E-state index contributed by atoms with van der Waals surface area (Å²) in [6, 6.07) is 14.2. The predicted molar refractivity (Wildman–Crippen MR) is 108 cm³/mol. The van der Waals surface area contributed by atoms with E-state index < -0.39 is 10.0 Å². The van der Waals surface area contributed by atoms with Crippen LogP contribution in [0.1, 0.15) is 22.3 Å². The van der Waals surface area contributed by atoms with Gasteiger partial charge in [-0.05, 0) is 52.5 Å². The standard InChI is InChI=1S/C19H23BrN2O4S/c1-26-13-12-22(11-5-8-15-6-3-2-4-7-15)19(23)17-14-16(27(21,24)25)9-10-18(17)20/h2-4,6-7,9-10,14H,5,8,11-13H2,1H3,(H2,21,24,25). The second-order valence-electron chi connectivity index (χ2n) is 6.06. The van der Waals surface area contributed by atoms with Gasteiger partial charge in [0.1, 0.15) is 0 Å². The number of primary sulfonamides is 1. The van der Waals surface area contributed by atoms with Gasteiger partial charge in [0.15, 0.2) is 0 Å². The molecular formula is C19H23BrN2O4S. The monoisotopic (exact) mass is 454 g/mol. The maximum absolute atomic E-state index is 13.0. The zero-order valence-corrected chi connectivity index (χ0v) is 17.5. The second kappa shape index (κ2) is 9.98. The molecule has 2 aromatic rings. The molecular weight excluding hydrogens is 432 g/mol. The van der Waals surface area contributed by atoms with Crippen LogP contribution in [-0.2, 0) is 21.2 Å². The van der Waals surface area contributed by atoms with E-state index in [1.54, 1.807) is 12.0 Å². The van der Waals surface area contributed by atoms with Crippen LogP contribution in [0.4, 0.5) is 0 Å². The first-order valence-corrected chi connectivity index (χ1v) is 10.8. The topological polar surface area (TPSA) is 89.7 Å². The number of ether oxygens (including phenoxy) is 1. The summed E-state index contributed by atoms with van der Waals surface area (Å²) in [7, 11) is -2.31. The van der Waals surface area contributed by atoms with Crippen molar-refractivity contribution >= 4 is 31.9 Å². The molecule has 6 nitrogen and oxygen atoms in total. The first-order valence-electron chi connectivity index (χ1n) is 8.47. The highest BCUT2D eigenvalue weighted by Crippen LogP contribution is 2.22. The molecule has 0 aliphatic carbocycles. The molecule has 0 aromatic heterocycles. The number of nitrogens with two attached hydrogens (primary N) is 1. The fourth-order valence-corrected chi connectivity index (χ4v) is 3.61. The van der Waals surface area contributed by atoms with Gasteiger partial charge in [0.2, 0.25) is 10.0 Å². The largest absolute Gasteiger partial charge is 0.383 e. The van der Waals surface area contributed by atoms with Crippen molar-refractivity contribution < 1.29 is 17.9 Å². The Morgan fingerprint density at radius 1 is 1.15 bits per heavy atom. The van der Waals surface area contributed by atoms with E-state index in [-0.39, 0.29) is 16.4 Å². The van der Waals surface area contributed by atoms with Gasteiger partial charge in [-0.15, -0.1) is 0 Å². The molecule has 8 heteroatoms. The molecule has 0 spiro atoms. The van der Waals surface area contributed by atoms with Crippen molar-refractivity contribution in [2.45, 2.75) is 17.7 Å². The molecule has 0 fully saturated rings. The van der Waals surface area contributed by atoms with E-state index in [1.807, 2.05) is 30.3 Å². The van der Waals surface area contributed by atoms with Gasteiger partial charge < -0.3 is 9.64 Å². The summed E-state index contributed by atoms with van der Waals surface area (Å²) in [4.78, 5) is 14.6. The van der Waals surface area contributed by atoms with Crippen molar-refractivity contribution in [2.24, 2.45) is 5.14 Å². The van der Waals surface area contributed by atoms with Crippen molar-refractivity contribution in [2.75, 3.05) is 26.8 Å². The Hall–Kier alpha value is -1.74. The summed E-state index contributed by atoms with van der Waals surface area (Å²) < 4.78 is 28.8. The van der Waals surface area contributed by atoms with Crippen LogP contribution in [0.25, 0.3) is 0 Å². The number of benzene rings is 2. The molecule has 0 aliphatic rings. The van der Waals surface area contributed by atoms with Gasteiger partial charge in [0.25, 0.3) is 5.91 Å². The molecule has 2 aromatic carbocycles. The number of halogens is 1. The number of methoxy groups -OCH3 is 1. The number of nitrogens with zero attached hydrogens (tertiary/aromatic N) is 1. The number of hydrogen-bond acceptors (Lipinski definition) is 4. The Morgan fingerprint density at radius 3 is 2.48 bits per heavy atom. The second-order valence-corrected chi connectivity index (χ2v) is 8.48. The Bertz CT molecular complexity index is 873. The smallest absolute Gasteiger partial charge is 0.255 e. The third kappa shape index (κ3) is 6.42. The molecule has 0 bridgehead atoms. The first-order chi connectivity index (χ1) is 12.8. The van der Waals surface area contributed by atoms with E-state index in [2.05, 4.69) is 15.9 Å². The molecule has 0 saturated heterocycles. The van der Waals surface area contributed by atoms with E-state index >= 15 is 0 Å². The highest BCUT2D eigenvalue weighted by atomic mass is 79.9. The van der Waals surface area contributed by atoms with Crippen LogP contribution in [0.2, 0.25) is 0 Å². The fourth-order valence-electron chi connectivity index (χ4n) is 2.65. The number of carbonyl (C=O) groups excluding carboxylic acids is 1. The van der Waals surface area contributed by atoms with Gasteiger partial charge in [-0.2, -0.15) is 0 Å². The zero-order valence-electron chi connectivity index (χ0n) is 15.1. The van der Waals surface area contributed by atoms with Crippen molar-refractivity contribution in [3.8, 4) is 0 Å². The minimum absolute atomic E-state index is 0.0926. The number of sulfonamides is 1. The summed E-state index contributed by atoms with van der Waals surface area (Å²) in [5, 5.41) is 5.19. The molecule has 146 valence electrons. The lowest BCUT2D eigenvalue weighted by Gasteiger charge is -2.23. The number of aryl methyl sites for hydroxylation is 1. The van der Waals surface area contributed by atoms with Gasteiger partial charge in [-0.1, -0.05) is 30.3 Å². The molecule has 0 atom stereocenters. The first kappa shape index (κ1) is 21.6. The molecule has 0 unspecified atom stereocenters. The van der Waals surface area contributed by atoms with Crippen molar-refractivity contribution in [1.82, 2.24) is 4.90 Å². The average Bonchev–Trinajstić information content (AvgIpc) is 2.64. The predicted octanol–water partition coefficient (Wildman–Crippen LogP) is 2.82. The molecule has 0 saturated carbocycles. The maximum Gasteiger partial charge on any atom is 0.255 e. The Kier molecular flexibility index (Phi) is 7.97. The quantitative estimate of drug-likeness (QED) is 0.630. The summed E-state index contributed by atoms with van der Waals surface area (Å²) >= 11 is 3.32. The van der Waals surface area contributed by atoms with Crippen LogP contribution in [0.5, 0.6) is 0 Å². The Labute approximate surface area is 168 Å². The van der Waals surface area contributed by atoms with E-state index in [9.17, 15) is 13.2 Å². The third-order valence-electron chi connectivity index (χ3n) is 4.09.